The van der Waals surface area contributed by atoms with Crippen LogP contribution in [0.25, 0.3) is 0 Å². The van der Waals surface area contributed by atoms with Gasteiger partial charge in [0.15, 0.2) is 0 Å². The molecule has 0 aliphatic rings. The number of hydrogen-bond donors (Lipinski definition) is 1. The van der Waals surface area contributed by atoms with Gasteiger partial charge in [0.1, 0.15) is 0 Å². The first kappa shape index (κ1) is 12.1. The smallest absolute Gasteiger partial charge is 0.0924 e. The van der Waals surface area contributed by atoms with Crippen molar-refractivity contribution in [1.29, 1.82) is 0 Å². The third-order valence-electron chi connectivity index (χ3n) is 2.78. The molecule has 0 spiro atoms. The first-order valence-electron chi connectivity index (χ1n) is 5.46. The minimum atomic E-state index is -0.959. The van der Waals surface area contributed by atoms with Gasteiger partial charge in [-0.3, -0.25) is 4.98 Å². The minimum Gasteiger partial charge on any atom is -0.385 e. The van der Waals surface area contributed by atoms with Crippen LogP contribution in [0.3, 0.4) is 0 Å². The van der Waals surface area contributed by atoms with Crippen LogP contribution in [-0.4, -0.2) is 10.1 Å². The zero-order valence-corrected chi connectivity index (χ0v) is 10.4. The van der Waals surface area contributed by atoms with E-state index in [0.717, 1.165) is 11.1 Å². The number of aromatic nitrogens is 1. The Morgan fingerprint density at radius 3 is 2.65 bits per heavy atom. The molecule has 0 saturated carbocycles. The van der Waals surface area contributed by atoms with E-state index in [4.69, 9.17) is 11.6 Å². The van der Waals surface area contributed by atoms with Crippen molar-refractivity contribution in [2.24, 2.45) is 0 Å². The van der Waals surface area contributed by atoms with Crippen molar-refractivity contribution in [2.45, 2.75) is 18.9 Å². The molecule has 0 saturated heterocycles. The number of benzene rings is 1. The van der Waals surface area contributed by atoms with Gasteiger partial charge in [0, 0.05) is 29.4 Å². The molecule has 1 unspecified atom stereocenters. The van der Waals surface area contributed by atoms with Crippen molar-refractivity contribution < 1.29 is 5.11 Å². The van der Waals surface area contributed by atoms with E-state index < -0.39 is 5.60 Å². The Morgan fingerprint density at radius 2 is 2.00 bits per heavy atom. The third-order valence-corrected chi connectivity index (χ3v) is 3.14. The SMILES string of the molecule is CC(O)(Cc1ccccc1Cl)c1cccnc1. The van der Waals surface area contributed by atoms with E-state index in [0.29, 0.717) is 11.4 Å². The van der Waals surface area contributed by atoms with Crippen molar-refractivity contribution in [1.82, 2.24) is 4.98 Å². The molecule has 0 bridgehead atoms. The fourth-order valence-corrected chi connectivity index (χ4v) is 2.00. The quantitative estimate of drug-likeness (QED) is 0.904. The molecule has 0 amide bonds. The minimum absolute atomic E-state index is 0.471. The Morgan fingerprint density at radius 1 is 1.24 bits per heavy atom. The molecule has 2 rings (SSSR count). The van der Waals surface area contributed by atoms with E-state index in [-0.39, 0.29) is 0 Å². The summed E-state index contributed by atoms with van der Waals surface area (Å²) < 4.78 is 0. The van der Waals surface area contributed by atoms with Crippen molar-refractivity contribution in [3.63, 3.8) is 0 Å². The molecule has 1 N–H and O–H groups in total. The van der Waals surface area contributed by atoms with Gasteiger partial charge in [-0.2, -0.15) is 0 Å². The molecular weight excluding hydrogens is 234 g/mol. The Labute approximate surface area is 106 Å². The molecule has 88 valence electrons. The first-order chi connectivity index (χ1) is 8.09. The van der Waals surface area contributed by atoms with Crippen molar-refractivity contribution in [3.05, 3.63) is 64.9 Å². The number of halogens is 1. The van der Waals surface area contributed by atoms with Gasteiger partial charge in [0.2, 0.25) is 0 Å². The van der Waals surface area contributed by atoms with E-state index in [2.05, 4.69) is 4.98 Å². The summed E-state index contributed by atoms with van der Waals surface area (Å²) in [5.41, 5.74) is 0.766. The van der Waals surface area contributed by atoms with Gasteiger partial charge in [-0.1, -0.05) is 35.9 Å². The maximum atomic E-state index is 10.5. The van der Waals surface area contributed by atoms with Gasteiger partial charge in [-0.25, -0.2) is 0 Å². The van der Waals surface area contributed by atoms with Crippen LogP contribution >= 0.6 is 11.6 Å². The Hall–Kier alpha value is -1.38. The fraction of sp³-hybridized carbons (Fsp3) is 0.214. The summed E-state index contributed by atoms with van der Waals surface area (Å²) in [6, 6.07) is 11.2. The van der Waals surface area contributed by atoms with E-state index in [1.165, 1.54) is 0 Å². The summed E-state index contributed by atoms with van der Waals surface area (Å²) in [7, 11) is 0. The predicted octanol–water partition coefficient (Wildman–Crippen LogP) is 3.19. The van der Waals surface area contributed by atoms with Crippen LogP contribution in [-0.2, 0) is 12.0 Å². The standard InChI is InChI=1S/C14H14ClNO/c1-14(17,12-6-4-8-16-10-12)9-11-5-2-3-7-13(11)15/h2-8,10,17H,9H2,1H3. The van der Waals surface area contributed by atoms with Crippen LogP contribution in [0.5, 0.6) is 0 Å². The second kappa shape index (κ2) is 4.86. The Balaban J connectivity index is 2.27. The van der Waals surface area contributed by atoms with E-state index in [1.54, 1.807) is 19.3 Å². The predicted molar refractivity (Wildman–Crippen MR) is 69.0 cm³/mol. The topological polar surface area (TPSA) is 33.1 Å². The summed E-state index contributed by atoms with van der Waals surface area (Å²) >= 11 is 6.09. The molecule has 1 aromatic carbocycles. The molecule has 3 heteroatoms. The van der Waals surface area contributed by atoms with Crippen molar-refractivity contribution in [2.75, 3.05) is 0 Å². The summed E-state index contributed by atoms with van der Waals surface area (Å²) in [6.45, 7) is 1.77. The lowest BCUT2D eigenvalue weighted by Crippen LogP contribution is -2.24. The van der Waals surface area contributed by atoms with Gasteiger partial charge >= 0.3 is 0 Å². The first-order valence-corrected chi connectivity index (χ1v) is 5.84. The van der Waals surface area contributed by atoms with E-state index in [1.807, 2.05) is 36.4 Å². The highest BCUT2D eigenvalue weighted by molar-refractivity contribution is 6.31. The molecule has 2 nitrogen and oxygen atoms in total. The van der Waals surface area contributed by atoms with Gasteiger partial charge < -0.3 is 5.11 Å². The van der Waals surface area contributed by atoms with Crippen LogP contribution in [0.2, 0.25) is 5.02 Å². The van der Waals surface area contributed by atoms with E-state index in [9.17, 15) is 5.11 Å². The third kappa shape index (κ3) is 2.84. The summed E-state index contributed by atoms with van der Waals surface area (Å²) in [6.07, 6.45) is 3.84. The average molecular weight is 248 g/mol. The molecular formula is C14H14ClNO. The zero-order valence-electron chi connectivity index (χ0n) is 9.60. The normalized spacial score (nSPS) is 14.3. The van der Waals surface area contributed by atoms with Crippen LogP contribution in [0.15, 0.2) is 48.8 Å². The molecule has 0 aliphatic carbocycles. The van der Waals surface area contributed by atoms with Crippen LogP contribution in [0.1, 0.15) is 18.1 Å². The molecule has 17 heavy (non-hydrogen) atoms. The highest BCUT2D eigenvalue weighted by Gasteiger charge is 2.24. The summed E-state index contributed by atoms with van der Waals surface area (Å²) in [4.78, 5) is 4.02. The lowest BCUT2D eigenvalue weighted by Gasteiger charge is -2.24. The molecule has 0 aliphatic heterocycles. The van der Waals surface area contributed by atoms with E-state index >= 15 is 0 Å². The molecule has 1 atom stereocenters. The zero-order chi connectivity index (χ0) is 12.3. The van der Waals surface area contributed by atoms with Crippen molar-refractivity contribution >= 4 is 11.6 Å². The highest BCUT2D eigenvalue weighted by atomic mass is 35.5. The number of pyridine rings is 1. The molecule has 0 fully saturated rings. The summed E-state index contributed by atoms with van der Waals surface area (Å²) in [5, 5.41) is 11.1. The highest BCUT2D eigenvalue weighted by Crippen LogP contribution is 2.27. The second-order valence-corrected chi connectivity index (χ2v) is 4.69. The lowest BCUT2D eigenvalue weighted by atomic mass is 9.90. The molecule has 1 aromatic heterocycles. The largest absolute Gasteiger partial charge is 0.385 e. The van der Waals surface area contributed by atoms with Gasteiger partial charge in [-0.15, -0.1) is 0 Å². The molecule has 1 heterocycles. The van der Waals surface area contributed by atoms with Crippen LogP contribution in [0, 0.1) is 0 Å². The number of hydrogen-bond acceptors (Lipinski definition) is 2. The number of nitrogens with zero attached hydrogens (tertiary/aromatic N) is 1. The van der Waals surface area contributed by atoms with Gasteiger partial charge in [0.05, 0.1) is 5.60 Å². The summed E-state index contributed by atoms with van der Waals surface area (Å²) in [5.74, 6) is 0. The van der Waals surface area contributed by atoms with Gasteiger partial charge in [0.25, 0.3) is 0 Å². The maximum absolute atomic E-state index is 10.5. The Bertz CT molecular complexity index is 497. The number of rotatable bonds is 3. The second-order valence-electron chi connectivity index (χ2n) is 4.28. The fourth-order valence-electron chi connectivity index (χ4n) is 1.80. The lowest BCUT2D eigenvalue weighted by molar-refractivity contribution is 0.0573. The molecule has 2 aromatic rings. The number of aliphatic hydroxyl groups is 1. The monoisotopic (exact) mass is 247 g/mol. The van der Waals surface area contributed by atoms with Gasteiger partial charge in [-0.05, 0) is 24.6 Å². The Kier molecular flexibility index (Phi) is 3.46. The average Bonchev–Trinajstić information content (AvgIpc) is 2.33. The maximum Gasteiger partial charge on any atom is 0.0924 e. The van der Waals surface area contributed by atoms with Crippen LogP contribution in [0.4, 0.5) is 0 Å². The molecule has 0 radical (unpaired) electrons. The van der Waals surface area contributed by atoms with Crippen LogP contribution < -0.4 is 0 Å². The van der Waals surface area contributed by atoms with Crippen molar-refractivity contribution in [3.8, 4) is 0 Å².